The molecule has 64 heavy (non-hydrogen) atoms. The van der Waals surface area contributed by atoms with Crippen molar-refractivity contribution in [1.82, 2.24) is 15.1 Å². The maximum atomic E-state index is 15.5. The molecule has 0 aromatic heterocycles. The van der Waals surface area contributed by atoms with Crippen LogP contribution >= 0.6 is 11.6 Å². The highest BCUT2D eigenvalue weighted by Crippen LogP contribution is 2.62. The van der Waals surface area contributed by atoms with E-state index in [9.17, 15) is 24.4 Å². The van der Waals surface area contributed by atoms with E-state index in [1.807, 2.05) is 11.0 Å². The molecule has 4 fully saturated rings. The SMILES string of the molecule is C=C1c2ccc(C#CC3CCN(C4CCN(c5cc6c(cc5F)C(=O)N(C5CCC(=O)NC5=O)C6=O)CC4)CC3)cc2CC1CCC1C(C)(C)C(Oc2ccc(C#N)c(Cl)c2)C1(C)C. The number of amides is 4. The van der Waals surface area contributed by atoms with Crippen molar-refractivity contribution in [3.8, 4) is 23.7 Å². The van der Waals surface area contributed by atoms with Crippen molar-refractivity contribution < 1.29 is 28.3 Å². The van der Waals surface area contributed by atoms with Crippen LogP contribution in [0, 0.1) is 57.6 Å². The molecule has 9 rings (SSSR count). The average Bonchev–Trinajstić information content (AvgIpc) is 3.71. The number of halogens is 2. The van der Waals surface area contributed by atoms with E-state index in [1.54, 1.807) is 12.1 Å². The molecule has 1 saturated carbocycles. The molecular formula is C52H55ClFN5O5. The molecule has 2 atom stereocenters. The molecule has 3 aromatic carbocycles. The van der Waals surface area contributed by atoms with Gasteiger partial charge in [-0.1, -0.05) is 63.8 Å². The van der Waals surface area contributed by atoms with E-state index in [0.717, 1.165) is 74.6 Å². The molecule has 1 N–H and O–H groups in total. The van der Waals surface area contributed by atoms with Crippen LogP contribution in [0.15, 0.2) is 55.1 Å². The lowest BCUT2D eigenvalue weighted by Gasteiger charge is -2.63. The van der Waals surface area contributed by atoms with Crippen molar-refractivity contribution in [3.63, 3.8) is 0 Å². The number of nitrogens with one attached hydrogen (secondary N) is 1. The Hall–Kier alpha value is -5.49. The normalized spacial score (nSPS) is 25.5. The lowest BCUT2D eigenvalue weighted by Crippen LogP contribution is -2.65. The molecule has 3 aromatic rings. The Morgan fingerprint density at radius 1 is 0.875 bits per heavy atom. The lowest BCUT2D eigenvalue weighted by molar-refractivity contribution is -0.201. The van der Waals surface area contributed by atoms with Gasteiger partial charge in [0.2, 0.25) is 11.8 Å². The van der Waals surface area contributed by atoms with E-state index in [0.29, 0.717) is 58.9 Å². The van der Waals surface area contributed by atoms with Crippen molar-refractivity contribution in [2.75, 3.05) is 31.1 Å². The summed E-state index contributed by atoms with van der Waals surface area (Å²) in [4.78, 5) is 56.0. The van der Waals surface area contributed by atoms with Crippen molar-refractivity contribution in [2.24, 2.45) is 28.6 Å². The van der Waals surface area contributed by atoms with Gasteiger partial charge >= 0.3 is 0 Å². The number of ether oxygens (including phenoxy) is 1. The highest BCUT2D eigenvalue weighted by atomic mass is 35.5. The maximum Gasteiger partial charge on any atom is 0.262 e. The number of hydrogen-bond donors (Lipinski definition) is 1. The maximum absolute atomic E-state index is 15.5. The molecule has 4 amide bonds. The Bertz CT molecular complexity index is 2560. The number of nitrogens with zero attached hydrogens (tertiary/aromatic N) is 4. The number of likely N-dealkylation sites (tertiary alicyclic amines) is 1. The van der Waals surface area contributed by atoms with Crippen molar-refractivity contribution in [2.45, 2.75) is 104 Å². The highest BCUT2D eigenvalue weighted by Gasteiger charge is 2.63. The van der Waals surface area contributed by atoms with E-state index < -0.39 is 35.5 Å². The summed E-state index contributed by atoms with van der Waals surface area (Å²) in [6.07, 6.45) is 6.94. The van der Waals surface area contributed by atoms with Crippen LogP contribution in [-0.2, 0) is 16.0 Å². The Morgan fingerprint density at radius 3 is 2.25 bits per heavy atom. The number of hydrogen-bond acceptors (Lipinski definition) is 8. The predicted octanol–water partition coefficient (Wildman–Crippen LogP) is 8.58. The molecule has 0 radical (unpaired) electrons. The second-order valence-electron chi connectivity index (χ2n) is 19.9. The molecule has 0 spiro atoms. The monoisotopic (exact) mass is 883 g/mol. The van der Waals surface area contributed by atoms with Gasteiger partial charge in [0.25, 0.3) is 11.8 Å². The van der Waals surface area contributed by atoms with Gasteiger partial charge < -0.3 is 14.5 Å². The second kappa shape index (κ2) is 16.8. The first-order chi connectivity index (χ1) is 30.5. The van der Waals surface area contributed by atoms with E-state index in [4.69, 9.17) is 16.3 Å². The van der Waals surface area contributed by atoms with Crippen molar-refractivity contribution >= 4 is 46.5 Å². The first-order valence-electron chi connectivity index (χ1n) is 22.8. The van der Waals surface area contributed by atoms with Gasteiger partial charge in [0.15, 0.2) is 0 Å². The summed E-state index contributed by atoms with van der Waals surface area (Å²) in [6.45, 7) is 16.9. The van der Waals surface area contributed by atoms with Crippen LogP contribution in [0.1, 0.15) is 122 Å². The Labute approximate surface area is 380 Å². The second-order valence-corrected chi connectivity index (χ2v) is 20.3. The third kappa shape index (κ3) is 7.79. The number of fused-ring (bicyclic) bond motifs is 2. The predicted molar refractivity (Wildman–Crippen MR) is 243 cm³/mol. The molecule has 12 heteroatoms. The van der Waals surface area contributed by atoms with E-state index in [-0.39, 0.29) is 40.9 Å². The smallest absolute Gasteiger partial charge is 0.262 e. The number of anilines is 1. The zero-order valence-electron chi connectivity index (χ0n) is 37.1. The Balaban J connectivity index is 0.746. The quantitative estimate of drug-likeness (QED) is 0.177. The fourth-order valence-electron chi connectivity index (χ4n) is 12.2. The molecule has 2 aliphatic carbocycles. The van der Waals surface area contributed by atoms with E-state index in [2.05, 4.69) is 80.6 Å². The van der Waals surface area contributed by atoms with Gasteiger partial charge in [0.1, 0.15) is 29.8 Å². The zero-order chi connectivity index (χ0) is 45.2. The van der Waals surface area contributed by atoms with Crippen LogP contribution in [0.5, 0.6) is 5.75 Å². The molecule has 3 saturated heterocycles. The standard InChI is InChI=1S/C52H55ClFN5O5/c1-30-33(10-14-45-51(2,3)50(52(45,4)5)64-37-11-9-34(29-55)41(53)26-37)25-35-24-32(8-12-38(30)35)7-6-31-16-20-57(21-17-31)36-18-22-58(23-19-36)44-28-40-39(27-42(44)54)48(62)59(49(40)63)43-13-15-46(60)56-47(43)61/h8-9,11-12,24,26-28,31,33,36,43,45,50H,1,10,13-23,25H2,2-5H3,(H,56,60,61). The van der Waals surface area contributed by atoms with Crippen molar-refractivity contribution in [1.29, 1.82) is 5.26 Å². The summed E-state index contributed by atoms with van der Waals surface area (Å²) < 4.78 is 22.1. The van der Waals surface area contributed by atoms with Crippen LogP contribution in [0.3, 0.4) is 0 Å². The molecule has 332 valence electrons. The topological polar surface area (TPSA) is 123 Å². The number of carbonyl (C=O) groups excluding carboxylic acids is 4. The van der Waals surface area contributed by atoms with Gasteiger partial charge in [0, 0.05) is 53.9 Å². The number of carbonyl (C=O) groups is 4. The van der Waals surface area contributed by atoms with Crippen LogP contribution in [0.4, 0.5) is 10.1 Å². The summed E-state index contributed by atoms with van der Waals surface area (Å²) in [5, 5.41) is 11.9. The van der Waals surface area contributed by atoms with Crippen LogP contribution < -0.4 is 15.0 Å². The molecule has 4 heterocycles. The van der Waals surface area contributed by atoms with Crippen molar-refractivity contribution in [3.05, 3.63) is 99.3 Å². The van der Waals surface area contributed by atoms with Crippen LogP contribution in [0.2, 0.25) is 5.02 Å². The Kier molecular flexibility index (Phi) is 11.5. The van der Waals surface area contributed by atoms with Gasteiger partial charge in [-0.05, 0) is 129 Å². The lowest BCUT2D eigenvalue weighted by atomic mass is 9.44. The molecule has 2 unspecified atom stereocenters. The molecule has 6 aliphatic rings. The summed E-state index contributed by atoms with van der Waals surface area (Å²) >= 11 is 6.32. The van der Waals surface area contributed by atoms with Crippen LogP contribution in [0.25, 0.3) is 5.57 Å². The molecule has 4 aliphatic heterocycles. The fourth-order valence-corrected chi connectivity index (χ4v) is 12.4. The number of imide groups is 2. The number of piperidine rings is 3. The summed E-state index contributed by atoms with van der Waals surface area (Å²) in [5.41, 5.74) is 5.61. The largest absolute Gasteiger partial charge is 0.489 e. The third-order valence-corrected chi connectivity index (χ3v) is 15.8. The number of nitriles is 1. The third-order valence-electron chi connectivity index (χ3n) is 15.5. The zero-order valence-corrected chi connectivity index (χ0v) is 37.8. The molecule has 10 nitrogen and oxygen atoms in total. The average molecular weight is 884 g/mol. The summed E-state index contributed by atoms with van der Waals surface area (Å²) in [7, 11) is 0. The van der Waals surface area contributed by atoms with Gasteiger partial charge in [-0.3, -0.25) is 29.4 Å². The van der Waals surface area contributed by atoms with Crippen LogP contribution in [-0.4, -0.2) is 77.8 Å². The first kappa shape index (κ1) is 43.7. The Morgan fingerprint density at radius 2 is 1.58 bits per heavy atom. The number of allylic oxidation sites excluding steroid dienone is 1. The van der Waals surface area contributed by atoms with Gasteiger partial charge in [0.05, 0.1) is 27.4 Å². The minimum absolute atomic E-state index is 0.0223. The highest BCUT2D eigenvalue weighted by molar-refractivity contribution is 6.31. The summed E-state index contributed by atoms with van der Waals surface area (Å²) in [6, 6.07) is 15.9. The van der Waals surface area contributed by atoms with Gasteiger partial charge in [-0.15, -0.1) is 0 Å². The minimum Gasteiger partial charge on any atom is -0.489 e. The van der Waals surface area contributed by atoms with E-state index in [1.165, 1.54) is 22.8 Å². The number of rotatable bonds is 8. The van der Waals surface area contributed by atoms with Gasteiger partial charge in [-0.25, -0.2) is 4.39 Å². The minimum atomic E-state index is -1.09. The molecular weight excluding hydrogens is 829 g/mol. The summed E-state index contributed by atoms with van der Waals surface area (Å²) in [5.74, 6) is 5.96. The van der Waals surface area contributed by atoms with E-state index >= 15 is 4.39 Å². The first-order valence-corrected chi connectivity index (χ1v) is 23.2. The molecule has 0 bridgehead atoms. The van der Waals surface area contributed by atoms with Gasteiger partial charge in [-0.2, -0.15) is 5.26 Å². The fraction of sp³-hybridized carbons (Fsp3) is 0.481. The number of benzene rings is 3.